The maximum absolute atomic E-state index is 13.3. The number of nitrogens with two attached hydrogens (primary N) is 1. The van der Waals surface area contributed by atoms with Crippen LogP contribution >= 0.6 is 0 Å². The minimum atomic E-state index is -1.72. The highest BCUT2D eigenvalue weighted by Gasteiger charge is 2.11. The van der Waals surface area contributed by atoms with Crippen LogP contribution in [0.1, 0.15) is 17.4 Å². The summed E-state index contributed by atoms with van der Waals surface area (Å²) in [4.78, 5) is 12.5. The molecule has 0 saturated carbocycles. The Balaban J connectivity index is 1.53. The van der Waals surface area contributed by atoms with Gasteiger partial charge in [0.15, 0.2) is 6.17 Å². The molecule has 8 heteroatoms. The standard InChI is InChI=1S/C22H19F2N5O/c1-13-8-15(29-22-17-9-14(25)2-5-19(17)27-12-28-22)3-7-21(13)30-16-4-6-20(26-11-16)18(24)10-23/h2-9,11-12,18H,10,25H2,1H3,(H,27,28,29). The smallest absolute Gasteiger partial charge is 0.170 e. The summed E-state index contributed by atoms with van der Waals surface area (Å²) in [5.41, 5.74) is 9.04. The van der Waals surface area contributed by atoms with Crippen molar-refractivity contribution in [2.24, 2.45) is 0 Å². The minimum Gasteiger partial charge on any atom is -0.455 e. The van der Waals surface area contributed by atoms with Crippen molar-refractivity contribution >= 4 is 28.1 Å². The lowest BCUT2D eigenvalue weighted by molar-refractivity contribution is 0.260. The van der Waals surface area contributed by atoms with E-state index in [0.717, 1.165) is 22.2 Å². The number of ether oxygens (including phenoxy) is 1. The zero-order chi connectivity index (χ0) is 21.1. The van der Waals surface area contributed by atoms with Crippen LogP contribution in [0.3, 0.4) is 0 Å². The fourth-order valence-electron chi connectivity index (χ4n) is 3.00. The molecule has 2 heterocycles. The van der Waals surface area contributed by atoms with E-state index in [0.29, 0.717) is 23.0 Å². The summed E-state index contributed by atoms with van der Waals surface area (Å²) >= 11 is 0. The first-order chi connectivity index (χ1) is 14.5. The number of aromatic nitrogens is 3. The minimum absolute atomic E-state index is 0.0406. The third-order valence-electron chi connectivity index (χ3n) is 4.54. The van der Waals surface area contributed by atoms with Crippen molar-refractivity contribution in [2.75, 3.05) is 17.7 Å². The van der Waals surface area contributed by atoms with Gasteiger partial charge in [0.05, 0.1) is 17.4 Å². The number of pyridine rings is 1. The van der Waals surface area contributed by atoms with E-state index in [1.807, 2.05) is 37.3 Å². The first-order valence-corrected chi connectivity index (χ1v) is 9.25. The van der Waals surface area contributed by atoms with Gasteiger partial charge in [-0.15, -0.1) is 0 Å². The number of fused-ring (bicyclic) bond motifs is 1. The van der Waals surface area contributed by atoms with E-state index in [2.05, 4.69) is 20.3 Å². The number of nitrogens with zero attached hydrogens (tertiary/aromatic N) is 3. The zero-order valence-corrected chi connectivity index (χ0v) is 16.1. The maximum Gasteiger partial charge on any atom is 0.170 e. The highest BCUT2D eigenvalue weighted by Crippen LogP contribution is 2.30. The number of aryl methyl sites for hydroxylation is 1. The molecule has 1 atom stereocenters. The Labute approximate surface area is 171 Å². The number of halogens is 2. The van der Waals surface area contributed by atoms with Crippen LogP contribution in [0.4, 0.5) is 26.0 Å². The Kier molecular flexibility index (Phi) is 5.38. The van der Waals surface area contributed by atoms with E-state index in [9.17, 15) is 8.78 Å². The second-order valence-corrected chi connectivity index (χ2v) is 6.75. The molecule has 1 unspecified atom stereocenters. The quantitative estimate of drug-likeness (QED) is 0.415. The van der Waals surface area contributed by atoms with E-state index in [1.165, 1.54) is 18.6 Å². The van der Waals surface area contributed by atoms with Gasteiger partial charge in [-0.3, -0.25) is 4.98 Å². The van der Waals surface area contributed by atoms with Crippen molar-refractivity contribution in [1.82, 2.24) is 15.0 Å². The average molecular weight is 407 g/mol. The topological polar surface area (TPSA) is 86.0 Å². The molecular weight excluding hydrogens is 388 g/mol. The van der Waals surface area contributed by atoms with Crippen molar-refractivity contribution in [3.8, 4) is 11.5 Å². The molecule has 6 nitrogen and oxygen atoms in total. The van der Waals surface area contributed by atoms with E-state index >= 15 is 0 Å². The summed E-state index contributed by atoms with van der Waals surface area (Å²) in [7, 11) is 0. The predicted octanol–water partition coefficient (Wildman–Crippen LogP) is 5.43. The van der Waals surface area contributed by atoms with Crippen LogP contribution < -0.4 is 15.8 Å². The number of nitrogens with one attached hydrogen (secondary N) is 1. The van der Waals surface area contributed by atoms with Crippen molar-refractivity contribution in [1.29, 1.82) is 0 Å². The van der Waals surface area contributed by atoms with Crippen molar-refractivity contribution in [3.05, 3.63) is 72.3 Å². The molecule has 4 aromatic rings. The Morgan fingerprint density at radius 2 is 1.93 bits per heavy atom. The average Bonchev–Trinajstić information content (AvgIpc) is 2.76. The molecule has 0 aliphatic carbocycles. The van der Waals surface area contributed by atoms with Gasteiger partial charge in [-0.2, -0.15) is 0 Å². The van der Waals surface area contributed by atoms with Gasteiger partial charge in [0, 0.05) is 16.8 Å². The Hall–Kier alpha value is -3.81. The summed E-state index contributed by atoms with van der Waals surface area (Å²) < 4.78 is 31.6. The largest absolute Gasteiger partial charge is 0.455 e. The van der Waals surface area contributed by atoms with Gasteiger partial charge >= 0.3 is 0 Å². The summed E-state index contributed by atoms with van der Waals surface area (Å²) in [6, 6.07) is 14.0. The van der Waals surface area contributed by atoms with Gasteiger partial charge in [0.25, 0.3) is 0 Å². The molecule has 0 amide bonds. The summed E-state index contributed by atoms with van der Waals surface area (Å²) in [6.07, 6.45) is 1.15. The van der Waals surface area contributed by atoms with Crippen LogP contribution in [0.15, 0.2) is 61.1 Å². The number of hydrogen-bond donors (Lipinski definition) is 2. The zero-order valence-electron chi connectivity index (χ0n) is 16.1. The van der Waals surface area contributed by atoms with Gasteiger partial charge in [-0.05, 0) is 61.0 Å². The Morgan fingerprint density at radius 3 is 2.67 bits per heavy atom. The number of anilines is 3. The number of hydrogen-bond acceptors (Lipinski definition) is 6. The van der Waals surface area contributed by atoms with Crippen molar-refractivity contribution < 1.29 is 13.5 Å². The van der Waals surface area contributed by atoms with Crippen LogP contribution in [0.5, 0.6) is 11.5 Å². The van der Waals surface area contributed by atoms with Crippen LogP contribution in [0, 0.1) is 6.92 Å². The van der Waals surface area contributed by atoms with Crippen LogP contribution in [-0.2, 0) is 0 Å². The summed E-state index contributed by atoms with van der Waals surface area (Å²) in [5, 5.41) is 4.10. The van der Waals surface area contributed by atoms with Gasteiger partial charge < -0.3 is 15.8 Å². The molecule has 2 aromatic heterocycles. The lowest BCUT2D eigenvalue weighted by atomic mass is 10.1. The third kappa shape index (κ3) is 4.12. The molecule has 30 heavy (non-hydrogen) atoms. The SMILES string of the molecule is Cc1cc(Nc2ncnc3ccc(N)cc23)ccc1Oc1ccc(C(F)CF)nc1. The van der Waals surface area contributed by atoms with Gasteiger partial charge in [0.2, 0.25) is 0 Å². The molecule has 0 aliphatic heterocycles. The fourth-order valence-corrected chi connectivity index (χ4v) is 3.00. The molecule has 0 fully saturated rings. The number of alkyl halides is 2. The molecule has 0 saturated heterocycles. The number of rotatable bonds is 6. The molecule has 4 rings (SSSR count). The van der Waals surface area contributed by atoms with Crippen LogP contribution in [-0.4, -0.2) is 21.6 Å². The molecule has 152 valence electrons. The first-order valence-electron chi connectivity index (χ1n) is 9.25. The molecule has 0 spiro atoms. The predicted molar refractivity (Wildman–Crippen MR) is 113 cm³/mol. The maximum atomic E-state index is 13.3. The molecular formula is C22H19F2N5O. The van der Waals surface area contributed by atoms with Crippen LogP contribution in [0.25, 0.3) is 10.9 Å². The lowest BCUT2D eigenvalue weighted by Crippen LogP contribution is -1.99. The Bertz CT molecular complexity index is 1180. The molecule has 2 aromatic carbocycles. The van der Waals surface area contributed by atoms with E-state index in [4.69, 9.17) is 10.5 Å². The van der Waals surface area contributed by atoms with Gasteiger partial charge in [0.1, 0.15) is 30.3 Å². The number of nitrogen functional groups attached to an aromatic ring is 1. The highest BCUT2D eigenvalue weighted by atomic mass is 19.2. The second kappa shape index (κ2) is 8.28. The third-order valence-corrected chi connectivity index (χ3v) is 4.54. The Morgan fingerprint density at radius 1 is 1.07 bits per heavy atom. The van der Waals surface area contributed by atoms with Crippen LogP contribution in [0.2, 0.25) is 0 Å². The summed E-state index contributed by atoms with van der Waals surface area (Å²) in [5.74, 6) is 1.70. The van der Waals surface area contributed by atoms with E-state index < -0.39 is 12.8 Å². The molecule has 3 N–H and O–H groups in total. The van der Waals surface area contributed by atoms with Gasteiger partial charge in [-0.25, -0.2) is 18.7 Å². The van der Waals surface area contributed by atoms with Gasteiger partial charge in [-0.1, -0.05) is 0 Å². The van der Waals surface area contributed by atoms with E-state index in [-0.39, 0.29) is 5.69 Å². The first kappa shape index (κ1) is 19.5. The fraction of sp³-hybridized carbons (Fsp3) is 0.136. The molecule has 0 aliphatic rings. The highest BCUT2D eigenvalue weighted by molar-refractivity contribution is 5.92. The van der Waals surface area contributed by atoms with Crippen molar-refractivity contribution in [3.63, 3.8) is 0 Å². The lowest BCUT2D eigenvalue weighted by Gasteiger charge is -2.13. The van der Waals surface area contributed by atoms with Crippen molar-refractivity contribution in [2.45, 2.75) is 13.1 Å². The monoisotopic (exact) mass is 407 g/mol. The second-order valence-electron chi connectivity index (χ2n) is 6.75. The molecule has 0 radical (unpaired) electrons. The number of benzene rings is 2. The van der Waals surface area contributed by atoms with E-state index in [1.54, 1.807) is 12.1 Å². The molecule has 0 bridgehead atoms. The summed E-state index contributed by atoms with van der Waals surface area (Å²) in [6.45, 7) is 0.800. The normalized spacial score (nSPS) is 12.0.